The van der Waals surface area contributed by atoms with Gasteiger partial charge in [0, 0.05) is 5.56 Å². The maximum atomic E-state index is 13.6. The molecule has 2 rings (SSSR count). The summed E-state index contributed by atoms with van der Waals surface area (Å²) in [6, 6.07) is 5.34. The molecule has 2 aromatic rings. The summed E-state index contributed by atoms with van der Waals surface area (Å²) < 4.78 is 44.7. The van der Waals surface area contributed by atoms with E-state index in [1.54, 1.807) is 0 Å². The van der Waals surface area contributed by atoms with Crippen molar-refractivity contribution >= 4 is 5.97 Å². The van der Waals surface area contributed by atoms with Gasteiger partial charge in [0.1, 0.15) is 17.2 Å². The Kier molecular flexibility index (Phi) is 3.50. The van der Waals surface area contributed by atoms with Gasteiger partial charge in [-0.3, -0.25) is 0 Å². The lowest BCUT2D eigenvalue weighted by Crippen LogP contribution is -2.06. The number of esters is 1. The van der Waals surface area contributed by atoms with Gasteiger partial charge in [0.05, 0.1) is 7.11 Å². The summed E-state index contributed by atoms with van der Waals surface area (Å²) in [7, 11) is 1.13. The monoisotopic (exact) mass is 267 g/mol. The number of benzene rings is 1. The summed E-state index contributed by atoms with van der Waals surface area (Å²) in [5.41, 5.74) is -0.995. The molecule has 0 aliphatic carbocycles. The number of hydrogen-bond acceptors (Lipinski definition) is 3. The Hall–Kier alpha value is -2.37. The Morgan fingerprint density at radius 3 is 2.53 bits per heavy atom. The number of carbonyl (C=O) groups excluding carboxylic acids is 1. The number of hydrogen-bond donors (Lipinski definition) is 0. The average Bonchev–Trinajstić information content (AvgIpc) is 2.42. The van der Waals surface area contributed by atoms with E-state index in [0.29, 0.717) is 0 Å². The van der Waals surface area contributed by atoms with Crippen molar-refractivity contribution in [3.8, 4) is 11.3 Å². The van der Waals surface area contributed by atoms with Crippen LogP contribution < -0.4 is 0 Å². The summed E-state index contributed by atoms with van der Waals surface area (Å²) in [5.74, 6) is -4.01. The maximum absolute atomic E-state index is 13.6. The highest BCUT2D eigenvalue weighted by Gasteiger charge is 2.17. The van der Waals surface area contributed by atoms with Crippen molar-refractivity contribution < 1.29 is 22.7 Å². The molecule has 0 saturated heterocycles. The minimum atomic E-state index is -1.23. The SMILES string of the molecule is COC(=O)c1ccc(F)c(-c2cccc(F)c2F)n1. The highest BCUT2D eigenvalue weighted by molar-refractivity contribution is 5.87. The lowest BCUT2D eigenvalue weighted by atomic mass is 10.1. The van der Waals surface area contributed by atoms with Crippen LogP contribution >= 0.6 is 0 Å². The molecule has 1 heterocycles. The van der Waals surface area contributed by atoms with E-state index in [-0.39, 0.29) is 11.3 Å². The van der Waals surface area contributed by atoms with Crippen LogP contribution in [0.15, 0.2) is 30.3 Å². The summed E-state index contributed by atoms with van der Waals surface area (Å²) in [5, 5.41) is 0. The number of carbonyl (C=O) groups is 1. The van der Waals surface area contributed by atoms with E-state index < -0.39 is 29.1 Å². The molecule has 98 valence electrons. The second-order valence-electron chi connectivity index (χ2n) is 3.62. The van der Waals surface area contributed by atoms with E-state index in [2.05, 4.69) is 9.72 Å². The van der Waals surface area contributed by atoms with E-state index in [1.165, 1.54) is 12.1 Å². The first kappa shape index (κ1) is 13.1. The van der Waals surface area contributed by atoms with Gasteiger partial charge in [-0.1, -0.05) is 6.07 Å². The molecule has 1 aromatic carbocycles. The van der Waals surface area contributed by atoms with Crippen molar-refractivity contribution in [3.05, 3.63) is 53.5 Å². The van der Waals surface area contributed by atoms with E-state index in [9.17, 15) is 18.0 Å². The standard InChI is InChI=1S/C13H8F3NO2/c1-19-13(18)10-6-5-9(15)12(17-10)7-3-2-4-8(14)11(7)16/h2-6H,1H3. The van der Waals surface area contributed by atoms with Crippen molar-refractivity contribution in [2.45, 2.75) is 0 Å². The third-order valence-corrected chi connectivity index (χ3v) is 2.45. The number of pyridine rings is 1. The predicted octanol–water partition coefficient (Wildman–Crippen LogP) is 2.95. The molecular formula is C13H8F3NO2. The van der Waals surface area contributed by atoms with Gasteiger partial charge in [-0.15, -0.1) is 0 Å². The maximum Gasteiger partial charge on any atom is 0.356 e. The van der Waals surface area contributed by atoms with Crippen LogP contribution in [-0.2, 0) is 4.74 Å². The van der Waals surface area contributed by atoms with E-state index in [0.717, 1.165) is 25.3 Å². The van der Waals surface area contributed by atoms with Crippen molar-refractivity contribution in [1.29, 1.82) is 0 Å². The van der Waals surface area contributed by atoms with Gasteiger partial charge >= 0.3 is 5.97 Å². The summed E-state index contributed by atoms with van der Waals surface area (Å²) in [6.07, 6.45) is 0. The number of halogens is 3. The molecule has 19 heavy (non-hydrogen) atoms. The molecule has 0 fully saturated rings. The fraction of sp³-hybridized carbons (Fsp3) is 0.0769. The van der Waals surface area contributed by atoms with Gasteiger partial charge in [-0.25, -0.2) is 22.9 Å². The van der Waals surface area contributed by atoms with Gasteiger partial charge in [0.2, 0.25) is 0 Å². The zero-order chi connectivity index (χ0) is 14.0. The predicted molar refractivity (Wildman–Crippen MR) is 60.9 cm³/mol. The van der Waals surface area contributed by atoms with Crippen LogP contribution in [0.4, 0.5) is 13.2 Å². The summed E-state index contributed by atoms with van der Waals surface area (Å²) in [6.45, 7) is 0. The number of rotatable bonds is 2. The van der Waals surface area contributed by atoms with Gasteiger partial charge < -0.3 is 4.74 Å². The van der Waals surface area contributed by atoms with Gasteiger partial charge in [0.25, 0.3) is 0 Å². The largest absolute Gasteiger partial charge is 0.464 e. The fourth-order valence-corrected chi connectivity index (χ4v) is 1.54. The Morgan fingerprint density at radius 2 is 1.84 bits per heavy atom. The van der Waals surface area contributed by atoms with Crippen LogP contribution in [0.25, 0.3) is 11.3 Å². The van der Waals surface area contributed by atoms with Crippen molar-refractivity contribution in [2.24, 2.45) is 0 Å². The van der Waals surface area contributed by atoms with Crippen molar-refractivity contribution in [3.63, 3.8) is 0 Å². The van der Waals surface area contributed by atoms with Crippen LogP contribution in [0.1, 0.15) is 10.5 Å². The summed E-state index contributed by atoms with van der Waals surface area (Å²) in [4.78, 5) is 14.9. The molecule has 0 atom stereocenters. The molecule has 6 heteroatoms. The highest BCUT2D eigenvalue weighted by atomic mass is 19.2. The molecule has 0 bridgehead atoms. The third-order valence-electron chi connectivity index (χ3n) is 2.45. The van der Waals surface area contributed by atoms with Crippen LogP contribution in [0, 0.1) is 17.5 Å². The van der Waals surface area contributed by atoms with Gasteiger partial charge in [-0.05, 0) is 24.3 Å². The Labute approximate surface area is 106 Å². The second kappa shape index (κ2) is 5.09. The first-order valence-electron chi connectivity index (χ1n) is 5.24. The first-order chi connectivity index (χ1) is 9.04. The fourth-order valence-electron chi connectivity index (χ4n) is 1.54. The lowest BCUT2D eigenvalue weighted by molar-refractivity contribution is 0.0594. The molecule has 0 spiro atoms. The third kappa shape index (κ3) is 2.42. The number of ether oxygens (including phenoxy) is 1. The zero-order valence-corrected chi connectivity index (χ0v) is 9.78. The first-order valence-corrected chi connectivity index (χ1v) is 5.24. The molecule has 0 aliphatic heterocycles. The van der Waals surface area contributed by atoms with Crippen LogP contribution in [-0.4, -0.2) is 18.1 Å². The number of nitrogens with zero attached hydrogens (tertiary/aromatic N) is 1. The number of methoxy groups -OCH3 is 1. The molecule has 0 radical (unpaired) electrons. The van der Waals surface area contributed by atoms with E-state index in [1.807, 2.05) is 0 Å². The quantitative estimate of drug-likeness (QED) is 0.785. The minimum Gasteiger partial charge on any atom is -0.464 e. The molecule has 0 N–H and O–H groups in total. The molecule has 0 aliphatic rings. The highest BCUT2D eigenvalue weighted by Crippen LogP contribution is 2.25. The normalized spacial score (nSPS) is 10.3. The zero-order valence-electron chi connectivity index (χ0n) is 9.78. The molecule has 0 saturated carbocycles. The Bertz CT molecular complexity index is 644. The van der Waals surface area contributed by atoms with E-state index >= 15 is 0 Å². The lowest BCUT2D eigenvalue weighted by Gasteiger charge is -2.06. The molecular weight excluding hydrogens is 259 g/mol. The average molecular weight is 267 g/mol. The van der Waals surface area contributed by atoms with Crippen LogP contribution in [0.5, 0.6) is 0 Å². The van der Waals surface area contributed by atoms with Gasteiger partial charge in [-0.2, -0.15) is 0 Å². The minimum absolute atomic E-state index is 0.192. The Morgan fingerprint density at radius 1 is 1.11 bits per heavy atom. The van der Waals surface area contributed by atoms with Crippen molar-refractivity contribution in [1.82, 2.24) is 4.98 Å². The molecule has 3 nitrogen and oxygen atoms in total. The smallest absolute Gasteiger partial charge is 0.356 e. The summed E-state index contributed by atoms with van der Waals surface area (Å²) >= 11 is 0. The molecule has 0 amide bonds. The van der Waals surface area contributed by atoms with Gasteiger partial charge in [0.15, 0.2) is 11.6 Å². The van der Waals surface area contributed by atoms with Crippen LogP contribution in [0.2, 0.25) is 0 Å². The Balaban J connectivity index is 2.61. The molecule has 0 unspecified atom stereocenters. The van der Waals surface area contributed by atoms with Crippen LogP contribution in [0.3, 0.4) is 0 Å². The molecule has 1 aromatic heterocycles. The van der Waals surface area contributed by atoms with Crippen molar-refractivity contribution in [2.75, 3.05) is 7.11 Å². The second-order valence-corrected chi connectivity index (χ2v) is 3.62. The number of aromatic nitrogens is 1. The van der Waals surface area contributed by atoms with E-state index in [4.69, 9.17) is 0 Å². The topological polar surface area (TPSA) is 39.2 Å².